The monoisotopic (exact) mass is 500 g/mol. The third-order valence-electron chi connectivity index (χ3n) is 8.78. The second-order valence-electron chi connectivity index (χ2n) is 10.9. The zero-order valence-electron chi connectivity index (χ0n) is 23.9. The summed E-state index contributed by atoms with van der Waals surface area (Å²) in [6.45, 7) is 21.9. The van der Waals surface area contributed by atoms with E-state index in [0.717, 1.165) is 32.1 Å². The SMILES string of the molecule is C=Cc1ccc(CCCC(=C)/C2=C/c3ccc(C=C)c(c3)C3=CC(/C=C\C)C(C)C=C3C2(CC)CC)cc1. The first-order chi connectivity index (χ1) is 18.4. The zero-order valence-corrected chi connectivity index (χ0v) is 23.9. The summed E-state index contributed by atoms with van der Waals surface area (Å²) >= 11 is 0. The van der Waals surface area contributed by atoms with Crippen molar-refractivity contribution in [2.75, 3.05) is 0 Å². The van der Waals surface area contributed by atoms with Crippen LogP contribution in [0.5, 0.6) is 0 Å². The number of aryl methyl sites for hydroxylation is 1. The molecule has 0 heteroatoms. The normalized spacial score (nSPS) is 21.3. The van der Waals surface area contributed by atoms with Crippen LogP contribution in [-0.2, 0) is 6.42 Å². The van der Waals surface area contributed by atoms with E-state index in [1.807, 2.05) is 12.2 Å². The Balaban J connectivity index is 1.77. The average Bonchev–Trinajstić information content (AvgIpc) is 2.94. The van der Waals surface area contributed by atoms with E-state index in [2.05, 4.69) is 114 Å². The van der Waals surface area contributed by atoms with Gasteiger partial charge in [-0.1, -0.05) is 125 Å². The quantitative estimate of drug-likeness (QED) is 0.285. The van der Waals surface area contributed by atoms with E-state index in [1.165, 1.54) is 50.1 Å². The topological polar surface area (TPSA) is 0 Å². The minimum absolute atomic E-state index is 0.0636. The van der Waals surface area contributed by atoms with Crippen LogP contribution in [0.2, 0.25) is 0 Å². The molecule has 0 amide bonds. The second kappa shape index (κ2) is 12.0. The molecule has 2 atom stereocenters. The van der Waals surface area contributed by atoms with Gasteiger partial charge in [0.1, 0.15) is 0 Å². The molecule has 0 N–H and O–H groups in total. The molecule has 0 saturated carbocycles. The van der Waals surface area contributed by atoms with Crippen molar-refractivity contribution in [3.8, 4) is 0 Å². The van der Waals surface area contributed by atoms with Gasteiger partial charge < -0.3 is 0 Å². The van der Waals surface area contributed by atoms with Crippen LogP contribution >= 0.6 is 0 Å². The van der Waals surface area contributed by atoms with E-state index in [1.54, 1.807) is 0 Å². The Bertz CT molecular complexity index is 1310. The van der Waals surface area contributed by atoms with Crippen molar-refractivity contribution in [3.63, 3.8) is 0 Å². The van der Waals surface area contributed by atoms with Crippen molar-refractivity contribution in [1.82, 2.24) is 0 Å². The predicted molar refractivity (Wildman–Crippen MR) is 170 cm³/mol. The Hall–Kier alpha value is -3.38. The maximum atomic E-state index is 4.72. The standard InChI is InChI=1S/C38H44/c1-8-14-33-26-35-34-24-31(21-22-32(34)10-3)25-36(38(11-4,12-5)37(35)23-28(33)7)27(6)15-13-16-30-19-17-29(9-2)18-20-30/h8-10,14,17-26,28,33H,2-3,6,11-13,15-16H2,1,4-5,7H3/b14-8-,36-25-. The van der Waals surface area contributed by atoms with Crippen LogP contribution in [0.1, 0.15) is 81.2 Å². The number of allylic oxidation sites excluding steroid dienone is 8. The lowest BCUT2D eigenvalue weighted by Gasteiger charge is -2.43. The maximum Gasteiger partial charge on any atom is 0.0203 e. The van der Waals surface area contributed by atoms with Crippen LogP contribution in [0, 0.1) is 17.3 Å². The number of fused-ring (bicyclic) bond motifs is 4. The fraction of sp³-hybridized carbons (Fsp3) is 0.316. The molecule has 2 aromatic carbocycles. The van der Waals surface area contributed by atoms with Gasteiger partial charge in [-0.05, 0) is 95.5 Å². The molecule has 2 aromatic rings. The maximum absolute atomic E-state index is 4.72. The number of hydrogen-bond donors (Lipinski definition) is 0. The molecule has 0 radical (unpaired) electrons. The summed E-state index contributed by atoms with van der Waals surface area (Å²) in [6, 6.07) is 15.6. The fourth-order valence-corrected chi connectivity index (χ4v) is 6.44. The minimum Gasteiger partial charge on any atom is -0.0985 e. The first-order valence-corrected chi connectivity index (χ1v) is 14.4. The average molecular weight is 501 g/mol. The molecule has 4 rings (SSSR count). The molecule has 0 aliphatic heterocycles. The first kappa shape index (κ1) is 27.6. The first-order valence-electron chi connectivity index (χ1n) is 14.4. The summed E-state index contributed by atoms with van der Waals surface area (Å²) < 4.78 is 0. The largest absolute Gasteiger partial charge is 0.0985 e. The fourth-order valence-electron chi connectivity index (χ4n) is 6.44. The lowest BCUT2D eigenvalue weighted by atomic mass is 9.60. The second-order valence-corrected chi connectivity index (χ2v) is 10.9. The molecule has 0 aromatic heterocycles. The van der Waals surface area contributed by atoms with E-state index >= 15 is 0 Å². The van der Waals surface area contributed by atoms with Crippen molar-refractivity contribution in [2.45, 2.75) is 59.8 Å². The molecule has 0 saturated heterocycles. The van der Waals surface area contributed by atoms with Gasteiger partial charge in [0.2, 0.25) is 0 Å². The van der Waals surface area contributed by atoms with Crippen molar-refractivity contribution in [3.05, 3.63) is 131 Å². The van der Waals surface area contributed by atoms with Gasteiger partial charge in [0.25, 0.3) is 0 Å². The molecule has 0 nitrogen and oxygen atoms in total. The lowest BCUT2D eigenvalue weighted by molar-refractivity contribution is 0.404. The zero-order chi connectivity index (χ0) is 27.3. The van der Waals surface area contributed by atoms with Crippen LogP contribution in [0.4, 0.5) is 0 Å². The van der Waals surface area contributed by atoms with Gasteiger partial charge in [-0.15, -0.1) is 0 Å². The van der Waals surface area contributed by atoms with Crippen LogP contribution in [0.25, 0.3) is 23.8 Å². The van der Waals surface area contributed by atoms with Crippen LogP contribution in [-0.4, -0.2) is 0 Å². The van der Waals surface area contributed by atoms with Gasteiger partial charge in [0.15, 0.2) is 0 Å². The van der Waals surface area contributed by atoms with Crippen molar-refractivity contribution in [2.24, 2.45) is 17.3 Å². The predicted octanol–water partition coefficient (Wildman–Crippen LogP) is 10.9. The highest BCUT2D eigenvalue weighted by Crippen LogP contribution is 2.55. The third kappa shape index (κ3) is 5.28. The van der Waals surface area contributed by atoms with Crippen molar-refractivity contribution >= 4 is 23.8 Å². The summed E-state index contributed by atoms with van der Waals surface area (Å²) in [5.41, 5.74) is 11.8. The smallest absolute Gasteiger partial charge is 0.0203 e. The molecule has 2 aliphatic carbocycles. The molecule has 0 fully saturated rings. The van der Waals surface area contributed by atoms with Gasteiger partial charge in [-0.25, -0.2) is 0 Å². The number of hydrogen-bond acceptors (Lipinski definition) is 0. The molecule has 0 spiro atoms. The Kier molecular flexibility index (Phi) is 8.72. The summed E-state index contributed by atoms with van der Waals surface area (Å²) in [6.07, 6.45) is 21.2. The highest BCUT2D eigenvalue weighted by molar-refractivity contribution is 5.90. The minimum atomic E-state index is -0.0636. The summed E-state index contributed by atoms with van der Waals surface area (Å²) in [5.74, 6) is 0.847. The van der Waals surface area contributed by atoms with E-state index in [0.29, 0.717) is 11.8 Å². The number of rotatable bonds is 10. The molecule has 2 bridgehead atoms. The summed E-state index contributed by atoms with van der Waals surface area (Å²) in [5, 5.41) is 0. The Morgan fingerprint density at radius 2 is 1.71 bits per heavy atom. The molecule has 196 valence electrons. The van der Waals surface area contributed by atoms with Crippen LogP contribution in [0.3, 0.4) is 0 Å². The Labute approximate surface area is 231 Å². The van der Waals surface area contributed by atoms with E-state index in [-0.39, 0.29) is 5.41 Å². The summed E-state index contributed by atoms with van der Waals surface area (Å²) in [4.78, 5) is 0. The lowest BCUT2D eigenvalue weighted by Crippen LogP contribution is -2.30. The van der Waals surface area contributed by atoms with Crippen LogP contribution in [0.15, 0.2) is 103 Å². The Morgan fingerprint density at radius 1 is 0.974 bits per heavy atom. The Morgan fingerprint density at radius 3 is 2.34 bits per heavy atom. The van der Waals surface area contributed by atoms with Gasteiger partial charge in [0.05, 0.1) is 0 Å². The van der Waals surface area contributed by atoms with E-state index in [4.69, 9.17) is 6.58 Å². The molecular formula is C38H44. The van der Waals surface area contributed by atoms with Crippen molar-refractivity contribution in [1.29, 1.82) is 0 Å². The highest BCUT2D eigenvalue weighted by Gasteiger charge is 2.41. The molecule has 2 unspecified atom stereocenters. The molecule has 38 heavy (non-hydrogen) atoms. The van der Waals surface area contributed by atoms with Gasteiger partial charge >= 0.3 is 0 Å². The van der Waals surface area contributed by atoms with E-state index in [9.17, 15) is 0 Å². The van der Waals surface area contributed by atoms with Gasteiger partial charge in [0, 0.05) is 11.3 Å². The molecular weight excluding hydrogens is 456 g/mol. The third-order valence-corrected chi connectivity index (χ3v) is 8.78. The van der Waals surface area contributed by atoms with Crippen molar-refractivity contribution < 1.29 is 0 Å². The van der Waals surface area contributed by atoms with Crippen LogP contribution < -0.4 is 0 Å². The molecule has 0 heterocycles. The highest BCUT2D eigenvalue weighted by atomic mass is 14.4. The molecule has 2 aliphatic rings. The summed E-state index contributed by atoms with van der Waals surface area (Å²) in [7, 11) is 0. The van der Waals surface area contributed by atoms with Gasteiger partial charge in [-0.3, -0.25) is 0 Å². The van der Waals surface area contributed by atoms with Gasteiger partial charge in [-0.2, -0.15) is 0 Å². The number of benzene rings is 2. The van der Waals surface area contributed by atoms with E-state index < -0.39 is 0 Å².